The molecule has 3 aliphatic rings. The van der Waals surface area contributed by atoms with Gasteiger partial charge in [-0.3, -0.25) is 9.59 Å². The first-order valence-electron chi connectivity index (χ1n) is 12.6. The average Bonchev–Trinajstić information content (AvgIpc) is 3.52. The van der Waals surface area contributed by atoms with Crippen LogP contribution in [0.25, 0.3) is 11.1 Å². The predicted molar refractivity (Wildman–Crippen MR) is 131 cm³/mol. The Labute approximate surface area is 205 Å². The molecule has 2 N–H and O–H groups in total. The third-order valence-corrected chi connectivity index (χ3v) is 8.00. The van der Waals surface area contributed by atoms with Crippen molar-refractivity contribution >= 4 is 18.0 Å². The smallest absolute Gasteiger partial charge is 0.407 e. The molecule has 7 heteroatoms. The predicted octanol–water partition coefficient (Wildman–Crippen LogP) is 4.26. The number of piperidine rings is 1. The highest BCUT2D eigenvalue weighted by molar-refractivity contribution is 5.79. The van der Waals surface area contributed by atoms with E-state index in [4.69, 9.17) is 4.74 Å². The Balaban J connectivity index is 1.10. The zero-order valence-electron chi connectivity index (χ0n) is 20.0. The fraction of sp³-hybridized carbons (Fsp3) is 0.464. The van der Waals surface area contributed by atoms with Crippen LogP contribution in [-0.4, -0.2) is 53.7 Å². The number of nitrogens with zero attached hydrogens (tertiary/aromatic N) is 1. The molecule has 1 saturated heterocycles. The molecule has 0 bridgehead atoms. The first kappa shape index (κ1) is 23.4. The summed E-state index contributed by atoms with van der Waals surface area (Å²) in [4.78, 5) is 38.4. The molecule has 0 aromatic heterocycles. The Morgan fingerprint density at radius 3 is 2.34 bits per heavy atom. The first-order valence-corrected chi connectivity index (χ1v) is 12.6. The monoisotopic (exact) mass is 476 g/mol. The van der Waals surface area contributed by atoms with Crippen LogP contribution in [0.15, 0.2) is 48.5 Å². The number of carbonyl (C=O) groups is 3. The summed E-state index contributed by atoms with van der Waals surface area (Å²) in [6, 6.07) is 16.3. The first-order chi connectivity index (χ1) is 17.0. The molecular weight excluding hydrogens is 444 g/mol. The minimum absolute atomic E-state index is 0.00906. The molecule has 1 heterocycles. The summed E-state index contributed by atoms with van der Waals surface area (Å²) in [6.45, 7) is 3.40. The van der Waals surface area contributed by atoms with E-state index in [1.807, 2.05) is 31.2 Å². The number of likely N-dealkylation sites (tertiary alicyclic amines) is 1. The van der Waals surface area contributed by atoms with Crippen molar-refractivity contribution in [3.05, 3.63) is 59.7 Å². The molecule has 2 amide bonds. The lowest BCUT2D eigenvalue weighted by atomic mass is 9.98. The van der Waals surface area contributed by atoms with E-state index in [0.29, 0.717) is 32.4 Å². The summed E-state index contributed by atoms with van der Waals surface area (Å²) < 4.78 is 5.65. The van der Waals surface area contributed by atoms with Crippen molar-refractivity contribution in [1.29, 1.82) is 0 Å². The van der Waals surface area contributed by atoms with Crippen LogP contribution >= 0.6 is 0 Å². The summed E-state index contributed by atoms with van der Waals surface area (Å²) in [5.41, 5.74) is 4.71. The van der Waals surface area contributed by atoms with Gasteiger partial charge in [0.15, 0.2) is 0 Å². The molecule has 2 aromatic rings. The van der Waals surface area contributed by atoms with Crippen molar-refractivity contribution in [2.45, 2.75) is 44.6 Å². The van der Waals surface area contributed by atoms with Gasteiger partial charge in [-0.1, -0.05) is 55.5 Å². The topological polar surface area (TPSA) is 95.9 Å². The number of ether oxygens (including phenoxy) is 1. The Hall–Kier alpha value is -3.35. The third-order valence-electron chi connectivity index (χ3n) is 8.00. The van der Waals surface area contributed by atoms with Gasteiger partial charge in [0.1, 0.15) is 6.61 Å². The number of alkyl carbamates (subject to hydrolysis) is 1. The molecular formula is C28H32N2O5. The largest absolute Gasteiger partial charge is 0.481 e. The van der Waals surface area contributed by atoms with Crippen LogP contribution in [0.1, 0.15) is 49.7 Å². The van der Waals surface area contributed by atoms with Gasteiger partial charge >= 0.3 is 12.1 Å². The summed E-state index contributed by atoms with van der Waals surface area (Å²) in [5.74, 6) is -0.651. The van der Waals surface area contributed by atoms with Crippen molar-refractivity contribution in [2.75, 3.05) is 19.7 Å². The second-order valence-electron chi connectivity index (χ2n) is 9.93. The van der Waals surface area contributed by atoms with Gasteiger partial charge in [0, 0.05) is 31.5 Å². The van der Waals surface area contributed by atoms with Crippen molar-refractivity contribution in [1.82, 2.24) is 10.2 Å². The summed E-state index contributed by atoms with van der Waals surface area (Å²) >= 11 is 0. The molecule has 184 valence electrons. The molecule has 5 rings (SSSR count). The van der Waals surface area contributed by atoms with Crippen LogP contribution in [0, 0.1) is 17.8 Å². The third kappa shape index (κ3) is 4.64. The maximum atomic E-state index is 12.7. The molecule has 0 radical (unpaired) electrons. The van der Waals surface area contributed by atoms with Gasteiger partial charge in [-0.25, -0.2) is 4.79 Å². The van der Waals surface area contributed by atoms with E-state index >= 15 is 0 Å². The van der Waals surface area contributed by atoms with Crippen LogP contribution < -0.4 is 5.32 Å². The summed E-state index contributed by atoms with van der Waals surface area (Å²) in [6.07, 6.45) is 1.87. The molecule has 2 aromatic carbocycles. The Kier molecular flexibility index (Phi) is 6.50. The van der Waals surface area contributed by atoms with Gasteiger partial charge in [0.25, 0.3) is 0 Å². The zero-order chi connectivity index (χ0) is 24.5. The quantitative estimate of drug-likeness (QED) is 0.593. The van der Waals surface area contributed by atoms with Crippen LogP contribution in [-0.2, 0) is 14.3 Å². The van der Waals surface area contributed by atoms with Crippen molar-refractivity contribution in [3.8, 4) is 11.1 Å². The fourth-order valence-electron chi connectivity index (χ4n) is 5.97. The maximum Gasteiger partial charge on any atom is 0.407 e. The standard InChI is InChI=1S/C28H32N2O5/c1-2-17(11-12-25(31)30-14-13-22-23(15-30)26(22)27(32)33)29-28(34)35-16-24-20-9-5-3-7-18(20)19-8-4-6-10-21(19)24/h3-10,17,22-24,26H,2,11-16H2,1H3,(H,29,34)(H,32,33)/t17?,22-,23+,26?/m1/s1. The van der Waals surface area contributed by atoms with Crippen molar-refractivity contribution in [3.63, 3.8) is 0 Å². The molecule has 0 spiro atoms. The lowest BCUT2D eigenvalue weighted by molar-refractivity contribution is -0.139. The number of carbonyl (C=O) groups excluding carboxylic acids is 2. The Morgan fingerprint density at radius 1 is 1.06 bits per heavy atom. The number of benzene rings is 2. The van der Waals surface area contributed by atoms with Crippen LogP contribution in [0.2, 0.25) is 0 Å². The highest BCUT2D eigenvalue weighted by Crippen LogP contribution is 2.51. The minimum Gasteiger partial charge on any atom is -0.481 e. The number of rotatable bonds is 8. The molecule has 2 fully saturated rings. The van der Waals surface area contributed by atoms with Gasteiger partial charge in [0.05, 0.1) is 5.92 Å². The van der Waals surface area contributed by atoms with Crippen molar-refractivity contribution in [2.24, 2.45) is 17.8 Å². The average molecular weight is 477 g/mol. The fourth-order valence-corrected chi connectivity index (χ4v) is 5.97. The van der Waals surface area contributed by atoms with Gasteiger partial charge in [-0.15, -0.1) is 0 Å². The van der Waals surface area contributed by atoms with Gasteiger partial charge < -0.3 is 20.1 Å². The van der Waals surface area contributed by atoms with Gasteiger partial charge in [-0.05, 0) is 53.4 Å². The molecule has 2 unspecified atom stereocenters. The lowest BCUT2D eigenvalue weighted by Gasteiger charge is -2.27. The lowest BCUT2D eigenvalue weighted by Crippen LogP contribution is -2.39. The van der Waals surface area contributed by atoms with Gasteiger partial charge in [0.2, 0.25) is 5.91 Å². The molecule has 1 saturated carbocycles. The number of carboxylic acids is 1. The molecule has 4 atom stereocenters. The van der Waals surface area contributed by atoms with E-state index < -0.39 is 12.1 Å². The number of aliphatic carboxylic acids is 1. The van der Waals surface area contributed by atoms with Gasteiger partial charge in [-0.2, -0.15) is 0 Å². The van der Waals surface area contributed by atoms with Crippen LogP contribution in [0.4, 0.5) is 4.79 Å². The number of amides is 2. The molecule has 2 aliphatic carbocycles. The molecule has 35 heavy (non-hydrogen) atoms. The normalized spacial score (nSPS) is 23.0. The van der Waals surface area contributed by atoms with Crippen LogP contribution in [0.3, 0.4) is 0 Å². The van der Waals surface area contributed by atoms with Crippen molar-refractivity contribution < 1.29 is 24.2 Å². The number of nitrogens with one attached hydrogen (secondary N) is 1. The number of hydrogen-bond donors (Lipinski definition) is 2. The number of fused-ring (bicyclic) bond motifs is 4. The summed E-state index contributed by atoms with van der Waals surface area (Å²) in [7, 11) is 0. The SMILES string of the molecule is CCC(CCC(=O)N1CC[C@H]2C(C(=O)O)[C@H]2C1)NC(=O)OCC1c2ccccc2-c2ccccc21. The number of carboxylic acid groups (broad SMARTS) is 1. The van der Waals surface area contributed by atoms with E-state index in [1.165, 1.54) is 22.3 Å². The Bertz CT molecular complexity index is 1090. The van der Waals surface area contributed by atoms with E-state index in [2.05, 4.69) is 29.6 Å². The maximum absolute atomic E-state index is 12.7. The van der Waals surface area contributed by atoms with E-state index in [9.17, 15) is 19.5 Å². The highest BCUT2D eigenvalue weighted by atomic mass is 16.5. The summed E-state index contributed by atoms with van der Waals surface area (Å²) in [5, 5.41) is 12.2. The second-order valence-corrected chi connectivity index (χ2v) is 9.93. The Morgan fingerprint density at radius 2 is 1.71 bits per heavy atom. The zero-order valence-corrected chi connectivity index (χ0v) is 20.0. The second kappa shape index (κ2) is 9.72. The van der Waals surface area contributed by atoms with E-state index in [-0.39, 0.29) is 42.2 Å². The molecule has 1 aliphatic heterocycles. The van der Waals surface area contributed by atoms with Crippen LogP contribution in [0.5, 0.6) is 0 Å². The van der Waals surface area contributed by atoms with E-state index in [0.717, 1.165) is 6.42 Å². The number of hydrogen-bond acceptors (Lipinski definition) is 4. The molecule has 7 nitrogen and oxygen atoms in total. The highest BCUT2D eigenvalue weighted by Gasteiger charge is 2.57. The van der Waals surface area contributed by atoms with E-state index in [1.54, 1.807) is 4.90 Å². The minimum atomic E-state index is -0.743.